The van der Waals surface area contributed by atoms with Gasteiger partial charge in [-0.1, -0.05) is 24.3 Å². The second-order valence-corrected chi connectivity index (χ2v) is 5.33. The van der Waals surface area contributed by atoms with Crippen molar-refractivity contribution in [3.63, 3.8) is 0 Å². The number of imide groups is 1. The molecule has 0 radical (unpaired) electrons. The number of anilines is 1. The normalized spacial score (nSPS) is 13.7. The molecule has 2 aromatic rings. The number of nitrogens with zero attached hydrogens (tertiary/aromatic N) is 1. The Morgan fingerprint density at radius 1 is 1.00 bits per heavy atom. The monoisotopic (exact) mass is 280 g/mol. The molecule has 0 aliphatic carbocycles. The molecule has 0 bridgehead atoms. The molecule has 0 saturated heterocycles. The molecular weight excluding hydrogens is 264 g/mol. The number of benzene rings is 2. The Balaban J connectivity index is 1.99. The summed E-state index contributed by atoms with van der Waals surface area (Å²) in [5.41, 5.74) is 10.1. The molecule has 1 aliphatic heterocycles. The zero-order valence-electron chi connectivity index (χ0n) is 12.0. The Morgan fingerprint density at radius 2 is 1.71 bits per heavy atom. The van der Waals surface area contributed by atoms with Crippen LogP contribution >= 0.6 is 0 Å². The predicted molar refractivity (Wildman–Crippen MR) is 81.0 cm³/mol. The van der Waals surface area contributed by atoms with E-state index in [-0.39, 0.29) is 18.4 Å². The van der Waals surface area contributed by atoms with E-state index in [0.29, 0.717) is 16.8 Å². The van der Waals surface area contributed by atoms with Gasteiger partial charge < -0.3 is 5.73 Å². The SMILES string of the molecule is Cc1cccc(CN2C(=O)c3cccc(N)c3C2=O)c1C. The molecule has 1 aliphatic rings. The smallest absolute Gasteiger partial charge is 0.263 e. The van der Waals surface area contributed by atoms with Gasteiger partial charge in [-0.25, -0.2) is 0 Å². The zero-order chi connectivity index (χ0) is 15.1. The van der Waals surface area contributed by atoms with Crippen LogP contribution in [0.3, 0.4) is 0 Å². The molecule has 2 N–H and O–H groups in total. The van der Waals surface area contributed by atoms with Crippen molar-refractivity contribution in [2.75, 3.05) is 5.73 Å². The minimum atomic E-state index is -0.311. The maximum Gasteiger partial charge on any atom is 0.263 e. The van der Waals surface area contributed by atoms with Gasteiger partial charge >= 0.3 is 0 Å². The summed E-state index contributed by atoms with van der Waals surface area (Å²) in [5, 5.41) is 0. The van der Waals surface area contributed by atoms with Crippen LogP contribution in [-0.2, 0) is 6.54 Å². The first kappa shape index (κ1) is 13.4. The molecule has 0 fully saturated rings. The third-order valence-corrected chi connectivity index (χ3v) is 4.08. The standard InChI is InChI=1S/C17H16N2O2/c1-10-5-3-6-12(11(10)2)9-19-16(20)13-7-4-8-14(18)15(13)17(19)21/h3-8H,9,18H2,1-2H3. The quantitative estimate of drug-likeness (QED) is 0.679. The van der Waals surface area contributed by atoms with Crippen molar-refractivity contribution >= 4 is 17.5 Å². The van der Waals surface area contributed by atoms with Crippen LogP contribution in [0.2, 0.25) is 0 Å². The Bertz CT molecular complexity index is 765. The van der Waals surface area contributed by atoms with Crippen LogP contribution in [0.25, 0.3) is 0 Å². The van der Waals surface area contributed by atoms with Gasteiger partial charge in [0.15, 0.2) is 0 Å². The first-order valence-electron chi connectivity index (χ1n) is 6.80. The average Bonchev–Trinajstić information content (AvgIpc) is 2.70. The minimum absolute atomic E-state index is 0.275. The maximum absolute atomic E-state index is 12.5. The van der Waals surface area contributed by atoms with E-state index in [1.54, 1.807) is 18.2 Å². The minimum Gasteiger partial charge on any atom is -0.398 e. The van der Waals surface area contributed by atoms with E-state index in [2.05, 4.69) is 0 Å². The van der Waals surface area contributed by atoms with Crippen LogP contribution in [0.5, 0.6) is 0 Å². The molecule has 2 aromatic carbocycles. The van der Waals surface area contributed by atoms with Crippen molar-refractivity contribution in [2.24, 2.45) is 0 Å². The molecular formula is C17H16N2O2. The van der Waals surface area contributed by atoms with Gasteiger partial charge in [-0.3, -0.25) is 14.5 Å². The molecule has 21 heavy (non-hydrogen) atoms. The highest BCUT2D eigenvalue weighted by molar-refractivity contribution is 6.23. The first-order chi connectivity index (χ1) is 10.0. The van der Waals surface area contributed by atoms with Gasteiger partial charge in [-0.2, -0.15) is 0 Å². The molecule has 2 amide bonds. The largest absolute Gasteiger partial charge is 0.398 e. The summed E-state index contributed by atoms with van der Waals surface area (Å²) in [6.07, 6.45) is 0. The number of fused-ring (bicyclic) bond motifs is 1. The lowest BCUT2D eigenvalue weighted by Gasteiger charge is -2.16. The molecule has 1 heterocycles. The van der Waals surface area contributed by atoms with E-state index < -0.39 is 0 Å². The van der Waals surface area contributed by atoms with E-state index >= 15 is 0 Å². The number of rotatable bonds is 2. The molecule has 4 nitrogen and oxygen atoms in total. The second-order valence-electron chi connectivity index (χ2n) is 5.33. The Morgan fingerprint density at radius 3 is 2.43 bits per heavy atom. The van der Waals surface area contributed by atoms with Gasteiger partial charge in [0.05, 0.1) is 17.7 Å². The third kappa shape index (κ3) is 2.00. The van der Waals surface area contributed by atoms with Crippen LogP contribution in [0.4, 0.5) is 5.69 Å². The Hall–Kier alpha value is -2.62. The number of carbonyl (C=O) groups excluding carboxylic acids is 2. The number of amides is 2. The summed E-state index contributed by atoms with van der Waals surface area (Å²) in [6, 6.07) is 10.9. The van der Waals surface area contributed by atoms with E-state index in [4.69, 9.17) is 5.73 Å². The highest BCUT2D eigenvalue weighted by atomic mass is 16.2. The topological polar surface area (TPSA) is 63.4 Å². The molecule has 106 valence electrons. The second kappa shape index (κ2) is 4.74. The highest BCUT2D eigenvalue weighted by Gasteiger charge is 2.37. The molecule has 0 atom stereocenters. The van der Waals surface area contributed by atoms with Gasteiger partial charge in [0, 0.05) is 5.69 Å². The van der Waals surface area contributed by atoms with Crippen molar-refractivity contribution in [2.45, 2.75) is 20.4 Å². The average molecular weight is 280 g/mol. The third-order valence-electron chi connectivity index (χ3n) is 4.08. The van der Waals surface area contributed by atoms with E-state index in [1.165, 1.54) is 4.90 Å². The zero-order valence-corrected chi connectivity index (χ0v) is 12.0. The first-order valence-corrected chi connectivity index (χ1v) is 6.80. The van der Waals surface area contributed by atoms with Crippen LogP contribution < -0.4 is 5.73 Å². The maximum atomic E-state index is 12.5. The number of aryl methyl sites for hydroxylation is 1. The summed E-state index contributed by atoms with van der Waals surface area (Å²) in [7, 11) is 0. The number of hydrogen-bond donors (Lipinski definition) is 1. The van der Waals surface area contributed by atoms with Crippen molar-refractivity contribution in [3.8, 4) is 0 Å². The van der Waals surface area contributed by atoms with Gasteiger partial charge in [-0.15, -0.1) is 0 Å². The van der Waals surface area contributed by atoms with Crippen molar-refractivity contribution < 1.29 is 9.59 Å². The van der Waals surface area contributed by atoms with Crippen molar-refractivity contribution in [1.29, 1.82) is 0 Å². The lowest BCUT2D eigenvalue weighted by atomic mass is 10.0. The van der Waals surface area contributed by atoms with E-state index in [0.717, 1.165) is 16.7 Å². The van der Waals surface area contributed by atoms with E-state index in [9.17, 15) is 9.59 Å². The van der Waals surface area contributed by atoms with E-state index in [1.807, 2.05) is 32.0 Å². The van der Waals surface area contributed by atoms with Crippen molar-refractivity contribution in [1.82, 2.24) is 4.90 Å². The van der Waals surface area contributed by atoms with Crippen LogP contribution in [0, 0.1) is 13.8 Å². The number of carbonyl (C=O) groups is 2. The summed E-state index contributed by atoms with van der Waals surface area (Å²) < 4.78 is 0. The summed E-state index contributed by atoms with van der Waals surface area (Å²) in [4.78, 5) is 26.1. The van der Waals surface area contributed by atoms with Gasteiger partial charge in [0.1, 0.15) is 0 Å². The van der Waals surface area contributed by atoms with Crippen LogP contribution in [0.15, 0.2) is 36.4 Å². The predicted octanol–water partition coefficient (Wildman–Crippen LogP) is 2.68. The fourth-order valence-electron chi connectivity index (χ4n) is 2.66. The summed E-state index contributed by atoms with van der Waals surface area (Å²) in [6.45, 7) is 4.29. The number of nitrogens with two attached hydrogens (primary N) is 1. The lowest BCUT2D eigenvalue weighted by Crippen LogP contribution is -2.29. The molecule has 0 spiro atoms. The summed E-state index contributed by atoms with van der Waals surface area (Å²) in [5.74, 6) is -0.586. The number of nitrogen functional groups attached to an aromatic ring is 1. The highest BCUT2D eigenvalue weighted by Crippen LogP contribution is 2.29. The molecule has 0 unspecified atom stereocenters. The fourth-order valence-corrected chi connectivity index (χ4v) is 2.66. The molecule has 4 heteroatoms. The van der Waals surface area contributed by atoms with Crippen LogP contribution in [-0.4, -0.2) is 16.7 Å². The van der Waals surface area contributed by atoms with Gasteiger partial charge in [-0.05, 0) is 42.7 Å². The number of hydrogen-bond acceptors (Lipinski definition) is 3. The Labute approximate surface area is 123 Å². The molecule has 0 saturated carbocycles. The van der Waals surface area contributed by atoms with Crippen LogP contribution in [0.1, 0.15) is 37.4 Å². The summed E-state index contributed by atoms with van der Waals surface area (Å²) >= 11 is 0. The van der Waals surface area contributed by atoms with Crippen molar-refractivity contribution in [3.05, 3.63) is 64.2 Å². The van der Waals surface area contributed by atoms with Gasteiger partial charge in [0.25, 0.3) is 11.8 Å². The van der Waals surface area contributed by atoms with Gasteiger partial charge in [0.2, 0.25) is 0 Å². The molecule has 0 aromatic heterocycles. The molecule has 3 rings (SSSR count). The lowest BCUT2D eigenvalue weighted by molar-refractivity contribution is 0.0642. The Kier molecular flexibility index (Phi) is 3.01. The fraction of sp³-hybridized carbons (Fsp3) is 0.176.